The van der Waals surface area contributed by atoms with Crippen LogP contribution in [0.4, 0.5) is 0 Å². The van der Waals surface area contributed by atoms with E-state index in [-0.39, 0.29) is 19.2 Å². The van der Waals surface area contributed by atoms with Gasteiger partial charge in [0, 0.05) is 12.6 Å². The molecule has 122 valence electrons. The zero-order valence-corrected chi connectivity index (χ0v) is 12.8. The average Bonchev–Trinajstić information content (AvgIpc) is 3.23. The summed E-state index contributed by atoms with van der Waals surface area (Å²) in [6, 6.07) is 9.28. The Labute approximate surface area is 137 Å². The highest BCUT2D eigenvalue weighted by atomic mass is 16.7. The van der Waals surface area contributed by atoms with Crippen molar-refractivity contribution < 1.29 is 18.7 Å². The molecule has 1 amide bonds. The van der Waals surface area contributed by atoms with E-state index in [2.05, 4.69) is 15.3 Å². The van der Waals surface area contributed by atoms with Gasteiger partial charge in [-0.2, -0.15) is 4.98 Å². The molecule has 2 aromatic heterocycles. The fraction of sp³-hybridized carbons (Fsp3) is 0.235. The molecule has 0 saturated carbocycles. The number of amides is 1. The molecular formula is C17H15N3O4. The fourth-order valence-corrected chi connectivity index (χ4v) is 2.51. The number of fused-ring (bicyclic) bond motifs is 2. The van der Waals surface area contributed by atoms with Crippen molar-refractivity contribution in [2.45, 2.75) is 19.4 Å². The first-order chi connectivity index (χ1) is 11.8. The first-order valence-electron chi connectivity index (χ1n) is 7.63. The van der Waals surface area contributed by atoms with Crippen molar-refractivity contribution in [1.82, 2.24) is 15.3 Å². The molecule has 1 aliphatic heterocycles. The molecule has 1 N–H and O–H groups in total. The molecule has 1 aliphatic rings. The third-order valence-electron chi connectivity index (χ3n) is 3.72. The van der Waals surface area contributed by atoms with Gasteiger partial charge in [-0.15, -0.1) is 0 Å². The van der Waals surface area contributed by atoms with E-state index in [1.165, 1.54) is 0 Å². The maximum absolute atomic E-state index is 12.0. The van der Waals surface area contributed by atoms with Crippen LogP contribution in [0.25, 0.3) is 11.2 Å². The summed E-state index contributed by atoms with van der Waals surface area (Å²) in [7, 11) is 0. The molecule has 7 nitrogen and oxygen atoms in total. The number of nitrogens with one attached hydrogen (secondary N) is 1. The quantitative estimate of drug-likeness (QED) is 0.774. The average molecular weight is 325 g/mol. The van der Waals surface area contributed by atoms with Gasteiger partial charge in [0.2, 0.25) is 18.6 Å². The van der Waals surface area contributed by atoms with Crippen LogP contribution in [0.3, 0.4) is 0 Å². The number of aryl methyl sites for hydroxylation is 1. The molecule has 7 heteroatoms. The van der Waals surface area contributed by atoms with E-state index >= 15 is 0 Å². The van der Waals surface area contributed by atoms with Crippen molar-refractivity contribution >= 4 is 17.1 Å². The lowest BCUT2D eigenvalue weighted by Crippen LogP contribution is -2.23. The Bertz CT molecular complexity index is 857. The minimum Gasteiger partial charge on any atom is -0.454 e. The molecule has 4 rings (SSSR count). The van der Waals surface area contributed by atoms with Crippen molar-refractivity contribution in [3.63, 3.8) is 0 Å². The lowest BCUT2D eigenvalue weighted by Gasteiger charge is -2.04. The van der Waals surface area contributed by atoms with E-state index in [9.17, 15) is 4.79 Å². The maximum atomic E-state index is 12.0. The lowest BCUT2D eigenvalue weighted by atomic mass is 10.1. The van der Waals surface area contributed by atoms with Gasteiger partial charge >= 0.3 is 0 Å². The number of hydrogen-bond acceptors (Lipinski definition) is 6. The monoisotopic (exact) mass is 325 g/mol. The lowest BCUT2D eigenvalue weighted by molar-refractivity contribution is -0.121. The summed E-state index contributed by atoms with van der Waals surface area (Å²) in [4.78, 5) is 20.3. The Hall–Kier alpha value is -3.09. The SMILES string of the molecule is O=C(CCc1ccc2c(c1)OCO2)NCc1nc2ncccc2o1. The summed E-state index contributed by atoms with van der Waals surface area (Å²) < 4.78 is 16.1. The number of oxazole rings is 1. The number of rotatable bonds is 5. The van der Waals surface area contributed by atoms with E-state index in [1.54, 1.807) is 18.3 Å². The van der Waals surface area contributed by atoms with Crippen LogP contribution in [-0.2, 0) is 17.8 Å². The first kappa shape index (κ1) is 14.5. The van der Waals surface area contributed by atoms with Gasteiger partial charge in [-0.25, -0.2) is 4.98 Å². The third-order valence-corrected chi connectivity index (χ3v) is 3.72. The summed E-state index contributed by atoms with van der Waals surface area (Å²) in [5, 5.41) is 2.80. The molecule has 0 fully saturated rings. The Morgan fingerprint density at radius 2 is 2.12 bits per heavy atom. The van der Waals surface area contributed by atoms with Gasteiger partial charge in [0.1, 0.15) is 0 Å². The number of benzene rings is 1. The number of nitrogens with zero attached hydrogens (tertiary/aromatic N) is 2. The van der Waals surface area contributed by atoms with Gasteiger partial charge in [0.15, 0.2) is 22.7 Å². The van der Waals surface area contributed by atoms with Crippen molar-refractivity contribution in [1.29, 1.82) is 0 Å². The van der Waals surface area contributed by atoms with E-state index in [0.717, 1.165) is 17.1 Å². The molecule has 0 aliphatic carbocycles. The highest BCUT2D eigenvalue weighted by Crippen LogP contribution is 2.32. The summed E-state index contributed by atoms with van der Waals surface area (Å²) >= 11 is 0. The predicted octanol–water partition coefficient (Wildman–Crippen LogP) is 2.20. The van der Waals surface area contributed by atoms with Gasteiger partial charge in [-0.3, -0.25) is 4.79 Å². The van der Waals surface area contributed by atoms with Crippen LogP contribution in [0, 0.1) is 0 Å². The summed E-state index contributed by atoms with van der Waals surface area (Å²) in [6.45, 7) is 0.495. The van der Waals surface area contributed by atoms with Crippen molar-refractivity contribution in [3.8, 4) is 11.5 Å². The number of carbonyl (C=O) groups excluding carboxylic acids is 1. The molecule has 3 aromatic rings. The third kappa shape index (κ3) is 3.01. The number of hydrogen-bond donors (Lipinski definition) is 1. The van der Waals surface area contributed by atoms with Crippen LogP contribution >= 0.6 is 0 Å². The van der Waals surface area contributed by atoms with Crippen LogP contribution in [0.2, 0.25) is 0 Å². The van der Waals surface area contributed by atoms with Crippen LogP contribution in [0.5, 0.6) is 11.5 Å². The van der Waals surface area contributed by atoms with Crippen LogP contribution < -0.4 is 14.8 Å². The van der Waals surface area contributed by atoms with Crippen molar-refractivity contribution in [2.75, 3.05) is 6.79 Å². The largest absolute Gasteiger partial charge is 0.454 e. The molecule has 0 unspecified atom stereocenters. The van der Waals surface area contributed by atoms with Gasteiger partial charge in [-0.1, -0.05) is 6.07 Å². The van der Waals surface area contributed by atoms with Crippen LogP contribution in [0.15, 0.2) is 40.9 Å². The number of carbonyl (C=O) groups is 1. The minimum atomic E-state index is -0.0668. The number of pyridine rings is 1. The molecule has 0 spiro atoms. The molecule has 0 bridgehead atoms. The van der Waals surface area contributed by atoms with Crippen molar-refractivity contribution in [3.05, 3.63) is 48.0 Å². The molecule has 24 heavy (non-hydrogen) atoms. The predicted molar refractivity (Wildman–Crippen MR) is 84.5 cm³/mol. The number of aromatic nitrogens is 2. The van der Waals surface area contributed by atoms with Gasteiger partial charge in [0.25, 0.3) is 0 Å². The Morgan fingerprint density at radius 3 is 3.04 bits per heavy atom. The molecule has 3 heterocycles. The zero-order valence-electron chi connectivity index (χ0n) is 12.8. The molecule has 0 radical (unpaired) electrons. The summed E-state index contributed by atoms with van der Waals surface area (Å²) in [6.07, 6.45) is 2.65. The highest BCUT2D eigenvalue weighted by Gasteiger charge is 2.14. The standard InChI is InChI=1S/C17H15N3O4/c21-15(6-4-11-3-5-12-14(8-11)23-10-22-12)19-9-16-20-17-13(24-16)2-1-7-18-17/h1-3,5,7-8H,4,6,9-10H2,(H,19,21). The van der Waals surface area contributed by atoms with Gasteiger partial charge < -0.3 is 19.2 Å². The number of ether oxygens (including phenoxy) is 2. The van der Waals surface area contributed by atoms with Crippen LogP contribution in [0.1, 0.15) is 17.9 Å². The Kier molecular flexibility index (Phi) is 3.74. The maximum Gasteiger partial charge on any atom is 0.231 e. The fourth-order valence-electron chi connectivity index (χ4n) is 2.51. The minimum absolute atomic E-state index is 0.0668. The molecule has 0 saturated heterocycles. The van der Waals surface area contributed by atoms with Crippen LogP contribution in [-0.4, -0.2) is 22.7 Å². The molecule has 0 atom stereocenters. The van der Waals surface area contributed by atoms with E-state index in [1.807, 2.05) is 18.2 Å². The van der Waals surface area contributed by atoms with E-state index < -0.39 is 0 Å². The smallest absolute Gasteiger partial charge is 0.231 e. The van der Waals surface area contributed by atoms with E-state index in [0.29, 0.717) is 30.0 Å². The zero-order chi connectivity index (χ0) is 16.4. The normalized spacial score (nSPS) is 12.5. The summed E-state index contributed by atoms with van der Waals surface area (Å²) in [5.41, 5.74) is 2.18. The van der Waals surface area contributed by atoms with Gasteiger partial charge in [0.05, 0.1) is 6.54 Å². The van der Waals surface area contributed by atoms with Crippen molar-refractivity contribution in [2.24, 2.45) is 0 Å². The first-order valence-corrected chi connectivity index (χ1v) is 7.63. The topological polar surface area (TPSA) is 86.5 Å². The second-order valence-corrected chi connectivity index (χ2v) is 5.40. The van der Waals surface area contributed by atoms with Gasteiger partial charge in [-0.05, 0) is 36.2 Å². The molecule has 1 aromatic carbocycles. The molecular weight excluding hydrogens is 310 g/mol. The summed E-state index contributed by atoms with van der Waals surface area (Å²) in [5.74, 6) is 1.85. The Morgan fingerprint density at radius 1 is 1.21 bits per heavy atom. The highest BCUT2D eigenvalue weighted by molar-refractivity contribution is 5.76. The Balaban J connectivity index is 1.30. The van der Waals surface area contributed by atoms with E-state index in [4.69, 9.17) is 13.9 Å². The second-order valence-electron chi connectivity index (χ2n) is 5.40. The second kappa shape index (κ2) is 6.19.